The molecular weight excluding hydrogens is 327 g/mol. The van der Waals surface area contributed by atoms with Gasteiger partial charge in [-0.25, -0.2) is 9.37 Å². The molecule has 0 unspecified atom stereocenters. The third-order valence-corrected chi connectivity index (χ3v) is 4.45. The van der Waals surface area contributed by atoms with Gasteiger partial charge in [-0.15, -0.1) is 0 Å². The lowest BCUT2D eigenvalue weighted by Crippen LogP contribution is -2.41. The molecule has 1 aromatic heterocycles. The molecule has 6 nitrogen and oxygen atoms in total. The molecule has 3 N–H and O–H groups in total. The second-order valence-corrected chi connectivity index (χ2v) is 6.10. The van der Waals surface area contributed by atoms with Gasteiger partial charge in [0.25, 0.3) is 5.91 Å². The average molecular weight is 346 g/mol. The average Bonchev–Trinajstić information content (AvgIpc) is 2.57. The van der Waals surface area contributed by atoms with Crippen LogP contribution in [0.5, 0.6) is 11.6 Å². The minimum atomic E-state index is -0.794. The van der Waals surface area contributed by atoms with E-state index in [0.29, 0.717) is 18.7 Å². The summed E-state index contributed by atoms with van der Waals surface area (Å²) in [5.74, 6) is -1.48. The van der Waals surface area contributed by atoms with Crippen molar-refractivity contribution in [3.8, 4) is 11.6 Å². The Morgan fingerprint density at radius 2 is 2.12 bits per heavy atom. The fourth-order valence-electron chi connectivity index (χ4n) is 3.02. The number of nitrogens with zero attached hydrogens (tertiary/aromatic N) is 1. The van der Waals surface area contributed by atoms with Gasteiger partial charge in [0, 0.05) is 12.3 Å². The van der Waals surface area contributed by atoms with Crippen LogP contribution in [-0.2, 0) is 0 Å². The van der Waals surface area contributed by atoms with Crippen LogP contribution in [0.1, 0.15) is 34.8 Å². The van der Waals surface area contributed by atoms with Crippen LogP contribution in [0.25, 0.3) is 0 Å². The van der Waals surface area contributed by atoms with E-state index < -0.39 is 35.2 Å². The zero-order chi connectivity index (χ0) is 18.0. The highest BCUT2D eigenvalue weighted by Crippen LogP contribution is 2.38. The number of carbonyl (C=O) groups excluding carboxylic acids is 1. The van der Waals surface area contributed by atoms with Crippen molar-refractivity contribution in [1.82, 2.24) is 10.3 Å². The molecule has 1 aliphatic rings. The minimum absolute atomic E-state index is 0.00283. The van der Waals surface area contributed by atoms with Gasteiger partial charge in [-0.2, -0.15) is 0 Å². The first-order chi connectivity index (χ1) is 12.0. The van der Waals surface area contributed by atoms with Gasteiger partial charge in [0.15, 0.2) is 0 Å². The van der Waals surface area contributed by atoms with E-state index >= 15 is 0 Å². The number of aromatic nitrogens is 1. The molecular formula is C18H19FN2O4. The number of nitrogens with one attached hydrogen (secondary N) is 1. The number of hydrogen-bond donors (Lipinski definition) is 3. The number of aliphatic hydroxyl groups excluding tert-OH is 1. The van der Waals surface area contributed by atoms with Crippen molar-refractivity contribution >= 4 is 5.91 Å². The number of phenolic OH excluding ortho intramolecular Hbond substituents is 1. The predicted molar refractivity (Wildman–Crippen MR) is 87.8 cm³/mol. The summed E-state index contributed by atoms with van der Waals surface area (Å²) in [7, 11) is 1.50. The van der Waals surface area contributed by atoms with Crippen molar-refractivity contribution in [1.29, 1.82) is 0 Å². The molecule has 0 aliphatic heterocycles. The highest BCUT2D eigenvalue weighted by molar-refractivity contribution is 5.97. The van der Waals surface area contributed by atoms with E-state index in [0.717, 1.165) is 11.6 Å². The van der Waals surface area contributed by atoms with Crippen molar-refractivity contribution in [2.75, 3.05) is 7.11 Å². The maximum absolute atomic E-state index is 13.9. The minimum Gasteiger partial charge on any atom is -0.507 e. The number of methoxy groups -OCH3 is 1. The normalized spacial score (nSPS) is 20.4. The number of carbonyl (C=O) groups is 1. The number of phenols is 1. The summed E-state index contributed by atoms with van der Waals surface area (Å²) in [6, 6.07) is 6.69. The molecule has 1 aromatic carbocycles. The van der Waals surface area contributed by atoms with Crippen LogP contribution in [-0.4, -0.2) is 34.3 Å². The quantitative estimate of drug-likeness (QED) is 0.772. The van der Waals surface area contributed by atoms with Gasteiger partial charge in [-0.3, -0.25) is 4.79 Å². The lowest BCUT2D eigenvalue weighted by molar-refractivity contribution is 0.0233. The number of aliphatic hydroxyl groups is 1. The summed E-state index contributed by atoms with van der Waals surface area (Å²) in [6.07, 6.45) is 2.23. The third kappa shape index (κ3) is 3.56. The molecule has 0 saturated heterocycles. The zero-order valence-electron chi connectivity index (χ0n) is 13.6. The van der Waals surface area contributed by atoms with Crippen LogP contribution in [0, 0.1) is 11.7 Å². The topological polar surface area (TPSA) is 91.7 Å². The number of pyridine rings is 1. The van der Waals surface area contributed by atoms with Crippen LogP contribution in [0.4, 0.5) is 4.39 Å². The molecule has 1 amide bonds. The Kier molecular flexibility index (Phi) is 4.85. The summed E-state index contributed by atoms with van der Waals surface area (Å²) >= 11 is 0. The molecule has 3 rings (SSSR count). The van der Waals surface area contributed by atoms with E-state index in [4.69, 9.17) is 4.74 Å². The van der Waals surface area contributed by atoms with Crippen molar-refractivity contribution in [3.63, 3.8) is 0 Å². The number of amides is 1. The first-order valence-electron chi connectivity index (χ1n) is 7.96. The Labute approximate surface area is 144 Å². The molecule has 0 radical (unpaired) electrons. The van der Waals surface area contributed by atoms with E-state index in [9.17, 15) is 19.4 Å². The summed E-state index contributed by atoms with van der Waals surface area (Å²) < 4.78 is 18.9. The molecule has 0 spiro atoms. The molecule has 25 heavy (non-hydrogen) atoms. The largest absolute Gasteiger partial charge is 0.507 e. The van der Waals surface area contributed by atoms with Crippen LogP contribution in [0.3, 0.4) is 0 Å². The van der Waals surface area contributed by atoms with Crippen molar-refractivity contribution < 1.29 is 24.1 Å². The lowest BCUT2D eigenvalue weighted by atomic mass is 9.75. The molecule has 1 atom stereocenters. The Hall–Kier alpha value is -2.67. The van der Waals surface area contributed by atoms with Crippen molar-refractivity contribution in [2.45, 2.75) is 25.0 Å². The van der Waals surface area contributed by atoms with E-state index in [2.05, 4.69) is 10.3 Å². The van der Waals surface area contributed by atoms with Gasteiger partial charge in [-0.05, 0) is 36.5 Å². The third-order valence-electron chi connectivity index (χ3n) is 4.45. The number of aromatic hydroxyl groups is 1. The fourth-order valence-corrected chi connectivity index (χ4v) is 3.02. The number of benzene rings is 1. The van der Waals surface area contributed by atoms with Gasteiger partial charge in [0.2, 0.25) is 5.88 Å². The number of ether oxygens (including phenoxy) is 1. The van der Waals surface area contributed by atoms with Crippen LogP contribution >= 0.6 is 0 Å². The van der Waals surface area contributed by atoms with Gasteiger partial charge in [0.05, 0.1) is 19.3 Å². The van der Waals surface area contributed by atoms with E-state index in [1.165, 1.54) is 19.2 Å². The molecule has 1 heterocycles. The molecule has 2 aromatic rings. The Morgan fingerprint density at radius 1 is 1.36 bits per heavy atom. The Bertz CT molecular complexity index is 740. The van der Waals surface area contributed by atoms with E-state index in [1.807, 2.05) is 0 Å². The Morgan fingerprint density at radius 3 is 2.68 bits per heavy atom. The summed E-state index contributed by atoms with van der Waals surface area (Å²) in [5, 5.41) is 22.1. The molecule has 1 fully saturated rings. The van der Waals surface area contributed by atoms with Gasteiger partial charge < -0.3 is 20.3 Å². The molecule has 0 bridgehead atoms. The SMILES string of the molecule is COc1ccc([C@H](NC(=O)c2c(O)cccc2F)C2CC(O)C2)cn1. The number of hydrogen-bond acceptors (Lipinski definition) is 5. The highest BCUT2D eigenvalue weighted by Gasteiger charge is 2.36. The molecule has 132 valence electrons. The van der Waals surface area contributed by atoms with Gasteiger partial charge in [-0.1, -0.05) is 12.1 Å². The second-order valence-electron chi connectivity index (χ2n) is 6.10. The Balaban J connectivity index is 1.86. The van der Waals surface area contributed by atoms with Crippen LogP contribution in [0.2, 0.25) is 0 Å². The zero-order valence-corrected chi connectivity index (χ0v) is 13.6. The van der Waals surface area contributed by atoms with Crippen molar-refractivity contribution in [2.24, 2.45) is 5.92 Å². The van der Waals surface area contributed by atoms with E-state index in [-0.39, 0.29) is 5.92 Å². The lowest BCUT2D eigenvalue weighted by Gasteiger charge is -2.38. The van der Waals surface area contributed by atoms with E-state index in [1.54, 1.807) is 18.3 Å². The smallest absolute Gasteiger partial charge is 0.258 e. The fraction of sp³-hybridized carbons (Fsp3) is 0.333. The predicted octanol–water partition coefficient (Wildman–Crippen LogP) is 2.18. The monoisotopic (exact) mass is 346 g/mol. The van der Waals surface area contributed by atoms with Crippen molar-refractivity contribution in [3.05, 3.63) is 53.5 Å². The summed E-state index contributed by atoms with van der Waals surface area (Å²) in [4.78, 5) is 16.6. The number of halogens is 1. The second kappa shape index (κ2) is 7.06. The van der Waals surface area contributed by atoms with Gasteiger partial charge >= 0.3 is 0 Å². The summed E-state index contributed by atoms with van der Waals surface area (Å²) in [5.41, 5.74) is 0.329. The maximum Gasteiger partial charge on any atom is 0.258 e. The van der Waals surface area contributed by atoms with Crippen LogP contribution in [0.15, 0.2) is 36.5 Å². The van der Waals surface area contributed by atoms with Crippen LogP contribution < -0.4 is 10.1 Å². The summed E-state index contributed by atoms with van der Waals surface area (Å²) in [6.45, 7) is 0. The molecule has 7 heteroatoms. The maximum atomic E-state index is 13.9. The number of rotatable bonds is 5. The molecule has 1 saturated carbocycles. The highest BCUT2D eigenvalue weighted by atomic mass is 19.1. The molecule has 1 aliphatic carbocycles. The standard InChI is InChI=1S/C18H19FN2O4/c1-25-15-6-5-10(9-20-15)17(11-7-12(22)8-11)21-18(24)16-13(19)3-2-4-14(16)23/h2-6,9,11-12,17,22-23H,7-8H2,1H3,(H,21,24)/t11?,12?,17-/m0/s1. The first kappa shape index (κ1) is 17.2. The van der Waals surface area contributed by atoms with Gasteiger partial charge in [0.1, 0.15) is 17.1 Å². The first-order valence-corrected chi connectivity index (χ1v) is 7.96.